The highest BCUT2D eigenvalue weighted by Gasteiger charge is 2.42. The quantitative estimate of drug-likeness (QED) is 0.0823. The first-order valence-corrected chi connectivity index (χ1v) is 16.9. The molecular formula is C35H56N2O6S. The van der Waals surface area contributed by atoms with E-state index in [2.05, 4.69) is 76.1 Å². The zero-order chi connectivity index (χ0) is 33.0. The summed E-state index contributed by atoms with van der Waals surface area (Å²) in [5.41, 5.74) is 0.748. The third kappa shape index (κ3) is 14.9. The van der Waals surface area contributed by atoms with Crippen LogP contribution in [0.4, 0.5) is 9.59 Å². The molecule has 44 heavy (non-hydrogen) atoms. The highest BCUT2D eigenvalue weighted by Crippen LogP contribution is 2.45. The summed E-state index contributed by atoms with van der Waals surface area (Å²) < 4.78 is 16.1. The molecule has 2 amide bonds. The third-order valence-electron chi connectivity index (χ3n) is 7.82. The fraction of sp³-hybridized carbons (Fsp3) is 0.686. The second kappa shape index (κ2) is 17.1. The number of hydrogen-bond acceptors (Lipinski definition) is 7. The SMILES string of the molecule is C=C(C)C(=O)OCCOC(=O)NC1CC(C)(C)CC(C)(CNC(=O)OC(C)(C)CCC(CC(C)C)SCc2ccccc2)C1. The first kappa shape index (κ1) is 37.5. The molecule has 1 fully saturated rings. The monoisotopic (exact) mass is 632 g/mol. The van der Waals surface area contributed by atoms with Gasteiger partial charge in [-0.05, 0) is 81.6 Å². The first-order chi connectivity index (χ1) is 20.5. The summed E-state index contributed by atoms with van der Waals surface area (Å²) in [6.07, 6.45) is 4.29. The Hall–Kier alpha value is -2.68. The summed E-state index contributed by atoms with van der Waals surface area (Å²) in [6.45, 7) is 20.4. The summed E-state index contributed by atoms with van der Waals surface area (Å²) in [4.78, 5) is 36.9. The van der Waals surface area contributed by atoms with Crippen LogP contribution in [0.2, 0.25) is 0 Å². The molecule has 0 heterocycles. The van der Waals surface area contributed by atoms with Gasteiger partial charge in [0, 0.05) is 29.2 Å². The Labute approximate surface area is 269 Å². The van der Waals surface area contributed by atoms with E-state index in [1.807, 2.05) is 31.7 Å². The number of nitrogens with one attached hydrogen (secondary N) is 2. The summed E-state index contributed by atoms with van der Waals surface area (Å²) >= 11 is 1.98. The lowest BCUT2D eigenvalue weighted by Gasteiger charge is -2.46. The van der Waals surface area contributed by atoms with E-state index in [9.17, 15) is 14.4 Å². The smallest absolute Gasteiger partial charge is 0.407 e. The number of ether oxygens (including phenoxy) is 3. The molecule has 8 nitrogen and oxygen atoms in total. The molecular weight excluding hydrogens is 576 g/mol. The van der Waals surface area contributed by atoms with Crippen LogP contribution in [0.3, 0.4) is 0 Å². The molecule has 1 aromatic carbocycles. The average molecular weight is 633 g/mol. The van der Waals surface area contributed by atoms with Gasteiger partial charge in [0.1, 0.15) is 18.8 Å². The molecule has 0 saturated heterocycles. The number of alkyl carbamates (subject to hydrolysis) is 2. The first-order valence-electron chi connectivity index (χ1n) is 15.9. The maximum absolute atomic E-state index is 13.0. The largest absolute Gasteiger partial charge is 0.459 e. The Morgan fingerprint density at radius 1 is 1.05 bits per heavy atom. The molecule has 3 atom stereocenters. The van der Waals surface area contributed by atoms with Crippen molar-refractivity contribution in [2.24, 2.45) is 16.7 Å². The Bertz CT molecular complexity index is 1090. The summed E-state index contributed by atoms with van der Waals surface area (Å²) in [5.74, 6) is 1.07. The van der Waals surface area contributed by atoms with Gasteiger partial charge >= 0.3 is 18.2 Å². The fourth-order valence-corrected chi connectivity index (χ4v) is 7.61. The van der Waals surface area contributed by atoms with Gasteiger partial charge in [0.05, 0.1) is 0 Å². The predicted octanol–water partition coefficient (Wildman–Crippen LogP) is 8.05. The molecule has 1 aromatic rings. The van der Waals surface area contributed by atoms with Crippen molar-refractivity contribution in [1.82, 2.24) is 10.6 Å². The van der Waals surface area contributed by atoms with E-state index in [0.29, 0.717) is 29.7 Å². The molecule has 1 aliphatic carbocycles. The van der Waals surface area contributed by atoms with E-state index < -0.39 is 23.8 Å². The van der Waals surface area contributed by atoms with Crippen molar-refractivity contribution in [3.8, 4) is 0 Å². The van der Waals surface area contributed by atoms with Crippen LogP contribution in [0, 0.1) is 16.7 Å². The standard InChI is InChI=1S/C35H56N2O6S/c1-25(2)19-29(44-22-27-13-11-10-12-14-27)15-16-34(7,8)43-31(39)36-24-35(9)21-28(20-33(5,6)23-35)37-32(40)42-18-17-41-30(38)26(3)4/h10-14,25,28-29H,3,15-24H2,1-2,4-9H3,(H,36,39)(H,37,40). The minimum atomic E-state index is -0.591. The zero-order valence-electron chi connectivity index (χ0n) is 28.3. The van der Waals surface area contributed by atoms with Crippen molar-refractivity contribution in [3.63, 3.8) is 0 Å². The number of rotatable bonds is 16. The molecule has 2 rings (SSSR count). The molecule has 3 unspecified atom stereocenters. The minimum Gasteiger partial charge on any atom is -0.459 e. The normalized spacial score (nSPS) is 20.3. The Balaban J connectivity index is 1.84. The van der Waals surface area contributed by atoms with Crippen LogP contribution in [0.1, 0.15) is 99.5 Å². The Morgan fingerprint density at radius 3 is 2.34 bits per heavy atom. The highest BCUT2D eigenvalue weighted by molar-refractivity contribution is 7.99. The number of hydrogen-bond donors (Lipinski definition) is 2. The lowest BCUT2D eigenvalue weighted by Crippen LogP contribution is -2.51. The second-order valence-electron chi connectivity index (χ2n) is 14.5. The summed E-state index contributed by atoms with van der Waals surface area (Å²) in [7, 11) is 0. The topological polar surface area (TPSA) is 103 Å². The maximum atomic E-state index is 13.0. The average Bonchev–Trinajstić information content (AvgIpc) is 2.90. The van der Waals surface area contributed by atoms with Crippen molar-refractivity contribution in [2.75, 3.05) is 19.8 Å². The van der Waals surface area contributed by atoms with E-state index in [1.54, 1.807) is 6.92 Å². The summed E-state index contributed by atoms with van der Waals surface area (Å²) in [6, 6.07) is 10.4. The molecule has 9 heteroatoms. The third-order valence-corrected chi connectivity index (χ3v) is 9.22. The molecule has 1 saturated carbocycles. The van der Waals surface area contributed by atoms with Crippen LogP contribution < -0.4 is 10.6 Å². The Morgan fingerprint density at radius 2 is 1.70 bits per heavy atom. The lowest BCUT2D eigenvalue weighted by molar-refractivity contribution is -0.139. The maximum Gasteiger partial charge on any atom is 0.407 e. The van der Waals surface area contributed by atoms with E-state index >= 15 is 0 Å². The van der Waals surface area contributed by atoms with Gasteiger partial charge in [-0.3, -0.25) is 0 Å². The number of amides is 2. The minimum absolute atomic E-state index is 0.0275. The van der Waals surface area contributed by atoms with Gasteiger partial charge in [-0.25, -0.2) is 14.4 Å². The van der Waals surface area contributed by atoms with Gasteiger partial charge in [-0.2, -0.15) is 11.8 Å². The molecule has 0 aromatic heterocycles. The van der Waals surface area contributed by atoms with Gasteiger partial charge in [-0.15, -0.1) is 0 Å². The fourth-order valence-electron chi connectivity index (χ4n) is 6.19. The van der Waals surface area contributed by atoms with Crippen LogP contribution >= 0.6 is 11.8 Å². The van der Waals surface area contributed by atoms with Gasteiger partial charge < -0.3 is 24.8 Å². The lowest BCUT2D eigenvalue weighted by atomic mass is 9.62. The van der Waals surface area contributed by atoms with Crippen LogP contribution in [-0.2, 0) is 24.8 Å². The molecule has 0 bridgehead atoms. The second-order valence-corrected chi connectivity index (χ2v) is 15.8. The number of benzene rings is 1. The molecule has 0 aliphatic heterocycles. The predicted molar refractivity (Wildman–Crippen MR) is 179 cm³/mol. The van der Waals surface area contributed by atoms with Gasteiger partial charge in [0.2, 0.25) is 0 Å². The van der Waals surface area contributed by atoms with E-state index in [-0.39, 0.29) is 30.1 Å². The zero-order valence-corrected chi connectivity index (χ0v) is 29.1. The number of esters is 1. The van der Waals surface area contributed by atoms with Crippen LogP contribution in [0.15, 0.2) is 42.5 Å². The van der Waals surface area contributed by atoms with Crippen molar-refractivity contribution < 1.29 is 28.6 Å². The molecule has 0 spiro atoms. The number of carbonyl (C=O) groups is 3. The molecule has 2 N–H and O–H groups in total. The summed E-state index contributed by atoms with van der Waals surface area (Å²) in [5, 5.41) is 6.48. The van der Waals surface area contributed by atoms with Crippen LogP contribution in [0.25, 0.3) is 0 Å². The molecule has 248 valence electrons. The van der Waals surface area contributed by atoms with E-state index in [0.717, 1.165) is 37.9 Å². The number of thioether (sulfide) groups is 1. The molecule has 1 aliphatic rings. The van der Waals surface area contributed by atoms with Crippen LogP contribution in [-0.4, -0.2) is 54.8 Å². The van der Waals surface area contributed by atoms with Crippen molar-refractivity contribution >= 4 is 29.9 Å². The number of carbonyl (C=O) groups excluding carboxylic acids is 3. The van der Waals surface area contributed by atoms with E-state index in [1.165, 1.54) is 5.56 Å². The Kier molecular flexibility index (Phi) is 14.6. The molecule has 0 radical (unpaired) electrons. The highest BCUT2D eigenvalue weighted by atomic mass is 32.2. The van der Waals surface area contributed by atoms with E-state index in [4.69, 9.17) is 14.2 Å². The van der Waals surface area contributed by atoms with Crippen molar-refractivity contribution in [2.45, 2.75) is 117 Å². The van der Waals surface area contributed by atoms with Crippen LogP contribution in [0.5, 0.6) is 0 Å². The van der Waals surface area contributed by atoms with Gasteiger partial charge in [0.25, 0.3) is 0 Å². The van der Waals surface area contributed by atoms with Crippen molar-refractivity contribution in [3.05, 3.63) is 48.0 Å². The van der Waals surface area contributed by atoms with Gasteiger partial charge in [-0.1, -0.05) is 71.5 Å². The van der Waals surface area contributed by atoms with Gasteiger partial charge in [0.15, 0.2) is 0 Å². The van der Waals surface area contributed by atoms with Crippen molar-refractivity contribution in [1.29, 1.82) is 0 Å².